The van der Waals surface area contributed by atoms with E-state index in [-0.39, 0.29) is 5.56 Å². The van der Waals surface area contributed by atoms with Crippen LogP contribution in [0.1, 0.15) is 36.8 Å². The van der Waals surface area contributed by atoms with E-state index < -0.39 is 17.5 Å². The molecule has 0 aromatic carbocycles. The minimum atomic E-state index is -0.628. The van der Waals surface area contributed by atoms with Crippen LogP contribution in [0.25, 0.3) is 0 Å². The summed E-state index contributed by atoms with van der Waals surface area (Å²) in [4.78, 5) is 11.8. The fourth-order valence-corrected chi connectivity index (χ4v) is 1.75. The maximum atomic E-state index is 13.9. The Hall–Kier alpha value is -1.36. The molecule has 1 aliphatic rings. The predicted molar refractivity (Wildman–Crippen MR) is 59.2 cm³/mol. The topological polar surface area (TPSA) is 40.5 Å². The number of rotatable bonds is 1. The van der Waals surface area contributed by atoms with Crippen LogP contribution in [0.5, 0.6) is 0 Å². The maximum absolute atomic E-state index is 13.9. The molecule has 4 nitrogen and oxygen atoms in total. The first-order valence-electron chi connectivity index (χ1n) is 5.57. The van der Waals surface area contributed by atoms with E-state index in [9.17, 15) is 9.18 Å². The second kappa shape index (κ2) is 4.14. The van der Waals surface area contributed by atoms with Crippen LogP contribution in [0.15, 0.2) is 6.07 Å². The molecule has 0 unspecified atom stereocenters. The van der Waals surface area contributed by atoms with Crippen molar-refractivity contribution in [1.82, 2.24) is 4.57 Å². The van der Waals surface area contributed by atoms with Crippen LogP contribution in [0.2, 0.25) is 0 Å². The summed E-state index contributed by atoms with van der Waals surface area (Å²) in [6, 6.07) is 1.50. The zero-order valence-electron chi connectivity index (χ0n) is 10.2. The molecule has 0 aliphatic carbocycles. The van der Waals surface area contributed by atoms with Crippen LogP contribution in [0, 0.1) is 5.95 Å². The smallest absolute Gasteiger partial charge is 0.343 e. The molecule has 5 heteroatoms. The summed E-state index contributed by atoms with van der Waals surface area (Å²) in [6.07, 6.45) is 0. The molecule has 0 saturated carbocycles. The van der Waals surface area contributed by atoms with Gasteiger partial charge >= 0.3 is 5.97 Å². The van der Waals surface area contributed by atoms with Crippen molar-refractivity contribution < 1.29 is 18.7 Å². The van der Waals surface area contributed by atoms with Gasteiger partial charge in [0, 0.05) is 12.2 Å². The molecule has 0 bridgehead atoms. The van der Waals surface area contributed by atoms with Gasteiger partial charge in [0.15, 0.2) is 0 Å². The summed E-state index contributed by atoms with van der Waals surface area (Å²) in [5.41, 5.74) is 0.0395. The number of hydrogen-bond acceptors (Lipinski definition) is 3. The molecule has 0 saturated heterocycles. The molecule has 17 heavy (non-hydrogen) atoms. The van der Waals surface area contributed by atoms with Gasteiger partial charge in [-0.25, -0.2) is 4.79 Å². The minimum absolute atomic E-state index is 0.0135. The second-order valence-electron chi connectivity index (χ2n) is 5.05. The molecule has 0 N–H and O–H groups in total. The van der Waals surface area contributed by atoms with Gasteiger partial charge in [-0.2, -0.15) is 4.39 Å². The zero-order chi connectivity index (χ0) is 12.6. The quantitative estimate of drug-likeness (QED) is 0.707. The first kappa shape index (κ1) is 12.1. The fourth-order valence-electron chi connectivity index (χ4n) is 1.75. The van der Waals surface area contributed by atoms with E-state index in [1.807, 2.05) is 0 Å². The Morgan fingerprint density at radius 2 is 2.24 bits per heavy atom. The van der Waals surface area contributed by atoms with Crippen LogP contribution in [-0.2, 0) is 22.6 Å². The van der Waals surface area contributed by atoms with Crippen LogP contribution in [0.4, 0.5) is 4.39 Å². The summed E-state index contributed by atoms with van der Waals surface area (Å²) in [5.74, 6) is -1.16. The Kier molecular flexibility index (Phi) is 2.95. The van der Waals surface area contributed by atoms with Crippen LogP contribution in [0.3, 0.4) is 0 Å². The lowest BCUT2D eigenvalue weighted by Crippen LogP contribution is -2.24. The van der Waals surface area contributed by atoms with E-state index in [1.54, 1.807) is 20.8 Å². The van der Waals surface area contributed by atoms with Crippen molar-refractivity contribution in [2.24, 2.45) is 0 Å². The highest BCUT2D eigenvalue weighted by Gasteiger charge is 2.26. The monoisotopic (exact) mass is 241 g/mol. The lowest BCUT2D eigenvalue weighted by atomic mass is 10.2. The third kappa shape index (κ3) is 2.49. The highest BCUT2D eigenvalue weighted by Crippen LogP contribution is 2.21. The molecular weight excluding hydrogens is 225 g/mol. The van der Waals surface area contributed by atoms with E-state index in [4.69, 9.17) is 9.47 Å². The first-order chi connectivity index (χ1) is 7.88. The van der Waals surface area contributed by atoms with Gasteiger partial charge in [-0.3, -0.25) is 0 Å². The molecule has 0 atom stereocenters. The van der Waals surface area contributed by atoms with Crippen LogP contribution in [-0.4, -0.2) is 22.7 Å². The summed E-state index contributed by atoms with van der Waals surface area (Å²) < 4.78 is 25.8. The van der Waals surface area contributed by atoms with Gasteiger partial charge < -0.3 is 14.0 Å². The number of halogens is 1. The van der Waals surface area contributed by atoms with Crippen LogP contribution >= 0.6 is 0 Å². The summed E-state index contributed by atoms with van der Waals surface area (Å²) in [7, 11) is 0. The lowest BCUT2D eigenvalue weighted by Gasteiger charge is -2.19. The summed E-state index contributed by atoms with van der Waals surface area (Å²) >= 11 is 0. The molecule has 94 valence electrons. The van der Waals surface area contributed by atoms with Gasteiger partial charge in [0.05, 0.1) is 13.2 Å². The molecular formula is C12H16FNO3. The van der Waals surface area contributed by atoms with E-state index in [1.165, 1.54) is 10.6 Å². The minimum Gasteiger partial charge on any atom is -0.456 e. The lowest BCUT2D eigenvalue weighted by molar-refractivity contribution is 0.00637. The molecule has 0 amide bonds. The zero-order valence-corrected chi connectivity index (χ0v) is 10.2. The van der Waals surface area contributed by atoms with Gasteiger partial charge in [-0.05, 0) is 26.8 Å². The average molecular weight is 241 g/mol. The number of nitrogens with zero attached hydrogens (tertiary/aromatic N) is 1. The van der Waals surface area contributed by atoms with E-state index >= 15 is 0 Å². The summed E-state index contributed by atoms with van der Waals surface area (Å²) in [5, 5.41) is 0. The Morgan fingerprint density at radius 3 is 2.82 bits per heavy atom. The largest absolute Gasteiger partial charge is 0.456 e. The molecule has 0 radical (unpaired) electrons. The van der Waals surface area contributed by atoms with Gasteiger partial charge in [-0.15, -0.1) is 0 Å². The molecule has 0 fully saturated rings. The Balaban J connectivity index is 2.27. The molecule has 1 aromatic rings. The summed E-state index contributed by atoms with van der Waals surface area (Å²) in [6.45, 7) is 6.49. The van der Waals surface area contributed by atoms with Crippen molar-refractivity contribution >= 4 is 5.97 Å². The molecule has 1 aromatic heterocycles. The Labute approximate surface area is 99.3 Å². The highest BCUT2D eigenvalue weighted by molar-refractivity contribution is 5.90. The molecule has 0 spiro atoms. The average Bonchev–Trinajstić information content (AvgIpc) is 2.55. The number of hydrogen-bond donors (Lipinski definition) is 0. The van der Waals surface area contributed by atoms with Gasteiger partial charge in [-0.1, -0.05) is 0 Å². The Bertz CT molecular complexity index is 445. The number of esters is 1. The van der Waals surface area contributed by atoms with Crippen LogP contribution < -0.4 is 0 Å². The van der Waals surface area contributed by atoms with Crippen molar-refractivity contribution in [3.05, 3.63) is 23.3 Å². The van der Waals surface area contributed by atoms with Crippen molar-refractivity contribution in [1.29, 1.82) is 0 Å². The van der Waals surface area contributed by atoms with Crippen molar-refractivity contribution in [3.63, 3.8) is 0 Å². The van der Waals surface area contributed by atoms with E-state index in [0.29, 0.717) is 25.5 Å². The number of fused-ring (bicyclic) bond motifs is 1. The maximum Gasteiger partial charge on any atom is 0.343 e. The third-order valence-corrected chi connectivity index (χ3v) is 2.44. The predicted octanol–water partition coefficient (Wildman–Crippen LogP) is 2.11. The highest BCUT2D eigenvalue weighted by atomic mass is 19.1. The number of aromatic nitrogens is 1. The van der Waals surface area contributed by atoms with Gasteiger partial charge in [0.1, 0.15) is 11.2 Å². The van der Waals surface area contributed by atoms with Gasteiger partial charge in [0.25, 0.3) is 0 Å². The third-order valence-electron chi connectivity index (χ3n) is 2.44. The second-order valence-corrected chi connectivity index (χ2v) is 5.05. The standard InChI is InChI=1S/C12H16FNO3/c1-12(2,3)17-11(15)9-6-8-7-16-5-4-14(8)10(9)13/h6H,4-5,7H2,1-3H3. The Morgan fingerprint density at radius 1 is 1.53 bits per heavy atom. The normalized spacial score (nSPS) is 15.5. The van der Waals surface area contributed by atoms with Gasteiger partial charge in [0.2, 0.25) is 5.95 Å². The van der Waals surface area contributed by atoms with E-state index in [0.717, 1.165) is 0 Å². The van der Waals surface area contributed by atoms with Crippen molar-refractivity contribution in [2.75, 3.05) is 6.61 Å². The van der Waals surface area contributed by atoms with E-state index in [2.05, 4.69) is 0 Å². The first-order valence-corrected chi connectivity index (χ1v) is 5.57. The molecule has 2 rings (SSSR count). The SMILES string of the molecule is CC(C)(C)OC(=O)c1cc2n(c1F)CCOC2. The van der Waals surface area contributed by atoms with Crippen molar-refractivity contribution in [2.45, 2.75) is 39.5 Å². The fraction of sp³-hybridized carbons (Fsp3) is 0.583. The molecule has 2 heterocycles. The van der Waals surface area contributed by atoms with Crippen molar-refractivity contribution in [3.8, 4) is 0 Å². The number of carbonyl (C=O) groups excluding carboxylic acids is 1. The molecule has 1 aliphatic heterocycles. The number of carbonyl (C=O) groups is 1. The number of ether oxygens (including phenoxy) is 2.